The Balaban J connectivity index is 1.50. The Bertz CT molecular complexity index is 2200. The average molecular weight is 519 g/mol. The molecule has 0 bridgehead atoms. The number of nitrogens with zero attached hydrogens (tertiary/aromatic N) is 1. The molecule has 0 spiro atoms. The van der Waals surface area contributed by atoms with Crippen LogP contribution < -0.4 is 16.4 Å². The molecule has 0 aliphatic carbocycles. The van der Waals surface area contributed by atoms with Gasteiger partial charge in [-0.15, -0.1) is 0 Å². The smallest absolute Gasteiger partial charge is 0.248 e. The highest BCUT2D eigenvalue weighted by atomic mass is 15.0. The fraction of sp³-hybridized carbons (Fsp3) is 0.0769. The highest BCUT2D eigenvalue weighted by Gasteiger charge is 2.53. The van der Waals surface area contributed by atoms with Gasteiger partial charge in [-0.25, -0.2) is 0 Å². The van der Waals surface area contributed by atoms with E-state index in [0.29, 0.717) is 0 Å². The standard InChI is InChI=1S/C39H26BN/c1-24-19-22-33-37-34(24)39(27-12-4-2-5-13-27,28-14-6-3-7-15-28)31-17-10-11-25-23-26-20-21-30-29-16-8-9-18-32(29)41(33)38(30)36(26)40(37)35(25)31/h2-22H,23H2,1H3. The van der Waals surface area contributed by atoms with Gasteiger partial charge >= 0.3 is 0 Å². The zero-order chi connectivity index (χ0) is 26.9. The van der Waals surface area contributed by atoms with Crippen LogP contribution in [0.4, 0.5) is 0 Å². The van der Waals surface area contributed by atoms with E-state index >= 15 is 0 Å². The highest BCUT2D eigenvalue weighted by molar-refractivity contribution is 7.00. The van der Waals surface area contributed by atoms with E-state index in [0.717, 1.165) is 6.42 Å². The van der Waals surface area contributed by atoms with Gasteiger partial charge in [0.25, 0.3) is 0 Å². The molecule has 0 amide bonds. The number of para-hydroxylation sites is 1. The van der Waals surface area contributed by atoms with Crippen molar-refractivity contribution in [1.82, 2.24) is 4.57 Å². The van der Waals surface area contributed by atoms with E-state index in [1.165, 1.54) is 82.8 Å². The summed E-state index contributed by atoms with van der Waals surface area (Å²) in [7, 11) is 0. The summed E-state index contributed by atoms with van der Waals surface area (Å²) in [6.07, 6.45) is 0.975. The van der Waals surface area contributed by atoms with Crippen molar-refractivity contribution >= 4 is 44.9 Å². The molecule has 10 rings (SSSR count). The van der Waals surface area contributed by atoms with E-state index in [2.05, 4.69) is 139 Å². The third-order valence-electron chi connectivity index (χ3n) is 10.3. The molecule has 1 aromatic heterocycles. The maximum atomic E-state index is 2.60. The first-order valence-corrected chi connectivity index (χ1v) is 14.7. The molecule has 41 heavy (non-hydrogen) atoms. The Labute approximate surface area is 239 Å². The average Bonchev–Trinajstić information content (AvgIpc) is 3.37. The largest absolute Gasteiger partial charge is 0.310 e. The van der Waals surface area contributed by atoms with Gasteiger partial charge in [-0.3, -0.25) is 0 Å². The molecule has 0 saturated carbocycles. The number of hydrogen-bond acceptors (Lipinski definition) is 0. The van der Waals surface area contributed by atoms with Crippen LogP contribution in [0.25, 0.3) is 27.5 Å². The lowest BCUT2D eigenvalue weighted by Gasteiger charge is -2.49. The van der Waals surface area contributed by atoms with E-state index in [1.807, 2.05) is 0 Å². The van der Waals surface area contributed by atoms with Gasteiger partial charge in [0.05, 0.1) is 10.9 Å². The Morgan fingerprint density at radius 2 is 1.29 bits per heavy atom. The SMILES string of the molecule is Cc1ccc2c3c1C(c1ccccc1)(c1ccccc1)c1cccc4c1B3c1c(ccc3c5ccccc5n-2c13)C4. The van der Waals surface area contributed by atoms with Crippen LogP contribution in [-0.2, 0) is 11.8 Å². The van der Waals surface area contributed by atoms with Gasteiger partial charge in [0, 0.05) is 22.0 Å². The zero-order valence-corrected chi connectivity index (χ0v) is 22.9. The topological polar surface area (TPSA) is 4.93 Å². The fourth-order valence-electron chi connectivity index (χ4n) is 8.90. The van der Waals surface area contributed by atoms with Crippen molar-refractivity contribution in [3.05, 3.63) is 166 Å². The van der Waals surface area contributed by atoms with Crippen molar-refractivity contribution in [2.24, 2.45) is 0 Å². The van der Waals surface area contributed by atoms with Crippen molar-refractivity contribution in [3.63, 3.8) is 0 Å². The number of aromatic nitrogens is 1. The third-order valence-corrected chi connectivity index (χ3v) is 10.3. The Hall–Kier alpha value is -4.82. The first-order valence-electron chi connectivity index (χ1n) is 14.7. The lowest BCUT2D eigenvalue weighted by atomic mass is 9.27. The minimum atomic E-state index is -0.411. The predicted molar refractivity (Wildman–Crippen MR) is 171 cm³/mol. The molecule has 0 N–H and O–H groups in total. The molecule has 1 nitrogen and oxygen atoms in total. The lowest BCUT2D eigenvalue weighted by Crippen LogP contribution is -2.67. The fourth-order valence-corrected chi connectivity index (χ4v) is 8.90. The molecule has 190 valence electrons. The van der Waals surface area contributed by atoms with Crippen LogP contribution >= 0.6 is 0 Å². The lowest BCUT2D eigenvalue weighted by molar-refractivity contribution is 0.741. The van der Waals surface area contributed by atoms with Crippen molar-refractivity contribution in [1.29, 1.82) is 0 Å². The third kappa shape index (κ3) is 2.43. The maximum Gasteiger partial charge on any atom is 0.248 e. The normalized spacial score (nSPS) is 15.0. The Kier molecular flexibility index (Phi) is 4.00. The monoisotopic (exact) mass is 519 g/mol. The summed E-state index contributed by atoms with van der Waals surface area (Å²) in [6, 6.07) is 48.2. The predicted octanol–water partition coefficient (Wildman–Crippen LogP) is 6.52. The molecule has 0 unspecified atom stereocenters. The van der Waals surface area contributed by atoms with Gasteiger partial charge in [0.2, 0.25) is 6.71 Å². The van der Waals surface area contributed by atoms with E-state index in [4.69, 9.17) is 0 Å². The molecule has 4 heterocycles. The molecule has 7 aromatic rings. The molecule has 3 aliphatic rings. The molecule has 3 aliphatic heterocycles. The molecule has 6 aromatic carbocycles. The van der Waals surface area contributed by atoms with Crippen molar-refractivity contribution in [3.8, 4) is 5.69 Å². The van der Waals surface area contributed by atoms with Crippen LogP contribution in [0.1, 0.15) is 38.9 Å². The molecule has 0 radical (unpaired) electrons. The van der Waals surface area contributed by atoms with Gasteiger partial charge in [0.15, 0.2) is 0 Å². The van der Waals surface area contributed by atoms with Crippen LogP contribution in [0.3, 0.4) is 0 Å². The first kappa shape index (κ1) is 21.9. The van der Waals surface area contributed by atoms with Gasteiger partial charge in [0.1, 0.15) is 0 Å². The van der Waals surface area contributed by atoms with Crippen molar-refractivity contribution in [2.75, 3.05) is 0 Å². The van der Waals surface area contributed by atoms with Crippen LogP contribution in [0.5, 0.6) is 0 Å². The van der Waals surface area contributed by atoms with Crippen LogP contribution in [0.15, 0.2) is 127 Å². The van der Waals surface area contributed by atoms with E-state index in [9.17, 15) is 0 Å². The summed E-state index contributed by atoms with van der Waals surface area (Å²) >= 11 is 0. The van der Waals surface area contributed by atoms with Crippen LogP contribution in [0, 0.1) is 6.92 Å². The van der Waals surface area contributed by atoms with Gasteiger partial charge < -0.3 is 4.57 Å². The number of hydrogen-bond donors (Lipinski definition) is 0. The summed E-state index contributed by atoms with van der Waals surface area (Å²) in [5.74, 6) is 0. The molecule has 0 saturated heterocycles. The first-order chi connectivity index (χ1) is 20.3. The minimum Gasteiger partial charge on any atom is -0.310 e. The Morgan fingerprint density at radius 1 is 0.585 bits per heavy atom. The highest BCUT2D eigenvalue weighted by Crippen LogP contribution is 2.50. The minimum absolute atomic E-state index is 0.232. The van der Waals surface area contributed by atoms with E-state index in [1.54, 1.807) is 0 Å². The summed E-state index contributed by atoms with van der Waals surface area (Å²) in [5, 5.41) is 2.71. The van der Waals surface area contributed by atoms with Gasteiger partial charge in [-0.2, -0.15) is 0 Å². The van der Waals surface area contributed by atoms with E-state index in [-0.39, 0.29) is 6.71 Å². The number of benzene rings is 6. The molecule has 0 fully saturated rings. The van der Waals surface area contributed by atoms with Crippen molar-refractivity contribution in [2.45, 2.75) is 18.8 Å². The number of aryl methyl sites for hydroxylation is 1. The van der Waals surface area contributed by atoms with Crippen LogP contribution in [-0.4, -0.2) is 11.3 Å². The second-order valence-electron chi connectivity index (χ2n) is 12.0. The van der Waals surface area contributed by atoms with Crippen LogP contribution in [0.2, 0.25) is 0 Å². The summed E-state index contributed by atoms with van der Waals surface area (Å²) in [5.41, 5.74) is 18.0. The second kappa shape index (κ2) is 7.47. The van der Waals surface area contributed by atoms with Gasteiger partial charge in [-0.1, -0.05) is 121 Å². The summed E-state index contributed by atoms with van der Waals surface area (Å²) in [6.45, 7) is 2.56. The Morgan fingerprint density at radius 3 is 2.07 bits per heavy atom. The molecule has 0 atom stereocenters. The van der Waals surface area contributed by atoms with Gasteiger partial charge in [-0.05, 0) is 75.3 Å². The molecule has 2 heteroatoms. The maximum absolute atomic E-state index is 2.60. The molecular formula is C39H26BN. The number of rotatable bonds is 2. The zero-order valence-electron chi connectivity index (χ0n) is 22.9. The molecular weight excluding hydrogens is 493 g/mol. The summed E-state index contributed by atoms with van der Waals surface area (Å²) in [4.78, 5) is 0. The van der Waals surface area contributed by atoms with Crippen molar-refractivity contribution < 1.29 is 0 Å². The second-order valence-corrected chi connectivity index (χ2v) is 12.0. The number of fused-ring (bicyclic) bond motifs is 4. The summed E-state index contributed by atoms with van der Waals surface area (Å²) < 4.78 is 2.60. The quantitative estimate of drug-likeness (QED) is 0.229. The van der Waals surface area contributed by atoms with E-state index < -0.39 is 5.41 Å².